The number of fused-ring (bicyclic) bond motifs is 1. The first kappa shape index (κ1) is 13.9. The van der Waals surface area contributed by atoms with Crippen LogP contribution in [0.5, 0.6) is 0 Å². The lowest BCUT2D eigenvalue weighted by atomic mass is 10.0. The third-order valence-electron chi connectivity index (χ3n) is 3.42. The third kappa shape index (κ3) is 2.38. The van der Waals surface area contributed by atoms with Gasteiger partial charge in [0.15, 0.2) is 4.96 Å². The maximum Gasteiger partial charge on any atom is 0.266 e. The largest absolute Gasteiger partial charge is 0.268 e. The summed E-state index contributed by atoms with van der Waals surface area (Å²) in [6.45, 7) is 3.92. The second-order valence-electron chi connectivity index (χ2n) is 4.99. The molecule has 3 aromatic rings. The Bertz CT molecular complexity index is 866. The molecule has 0 atom stereocenters. The van der Waals surface area contributed by atoms with Crippen LogP contribution < -0.4 is 5.56 Å². The molecule has 0 radical (unpaired) electrons. The summed E-state index contributed by atoms with van der Waals surface area (Å²) in [5, 5.41) is 1.91. The van der Waals surface area contributed by atoms with E-state index < -0.39 is 0 Å². The minimum Gasteiger partial charge on any atom is -0.268 e. The van der Waals surface area contributed by atoms with E-state index in [0.29, 0.717) is 22.5 Å². The van der Waals surface area contributed by atoms with Gasteiger partial charge in [0.25, 0.3) is 5.56 Å². The molecule has 0 aliphatic rings. The van der Waals surface area contributed by atoms with Crippen molar-refractivity contribution in [3.63, 3.8) is 0 Å². The summed E-state index contributed by atoms with van der Waals surface area (Å²) in [7, 11) is 0. The normalized spacial score (nSPS) is 11.2. The van der Waals surface area contributed by atoms with E-state index >= 15 is 0 Å². The smallest absolute Gasteiger partial charge is 0.266 e. The molecule has 0 saturated heterocycles. The summed E-state index contributed by atoms with van der Waals surface area (Å²) < 4.78 is 15.1. The Morgan fingerprint density at radius 1 is 1.38 bits per heavy atom. The maximum atomic E-state index is 13.5. The van der Waals surface area contributed by atoms with Crippen LogP contribution in [0.25, 0.3) is 16.1 Å². The van der Waals surface area contributed by atoms with Crippen molar-refractivity contribution < 1.29 is 4.39 Å². The number of hydrogen-bond acceptors (Lipinski definition) is 3. The summed E-state index contributed by atoms with van der Waals surface area (Å²) in [4.78, 5) is 18.1. The fraction of sp³-hybridized carbons (Fsp3) is 0.250. The zero-order valence-corrected chi connectivity index (χ0v) is 12.7. The maximum absolute atomic E-state index is 13.5. The van der Waals surface area contributed by atoms with Crippen molar-refractivity contribution in [1.82, 2.24) is 9.38 Å². The van der Waals surface area contributed by atoms with Gasteiger partial charge in [-0.3, -0.25) is 9.20 Å². The van der Waals surface area contributed by atoms with Crippen molar-refractivity contribution >= 4 is 16.3 Å². The van der Waals surface area contributed by atoms with Gasteiger partial charge in [-0.1, -0.05) is 25.5 Å². The van der Waals surface area contributed by atoms with Gasteiger partial charge < -0.3 is 0 Å². The van der Waals surface area contributed by atoms with Crippen LogP contribution in [0, 0.1) is 12.7 Å². The van der Waals surface area contributed by atoms with Gasteiger partial charge in [0, 0.05) is 11.1 Å². The second-order valence-corrected chi connectivity index (χ2v) is 5.83. The molecule has 0 spiro atoms. The third-order valence-corrected chi connectivity index (χ3v) is 4.36. The van der Waals surface area contributed by atoms with Crippen molar-refractivity contribution in [3.05, 3.63) is 57.2 Å². The minimum absolute atomic E-state index is 0.118. The molecule has 1 aromatic carbocycles. The fourth-order valence-corrected chi connectivity index (χ4v) is 3.35. The Labute approximate surface area is 125 Å². The summed E-state index contributed by atoms with van der Waals surface area (Å²) in [6, 6.07) is 6.15. The van der Waals surface area contributed by atoms with Crippen molar-refractivity contribution in [3.8, 4) is 11.1 Å². The Hall–Kier alpha value is -2.01. The van der Waals surface area contributed by atoms with Gasteiger partial charge in [-0.2, -0.15) is 0 Å². The number of aromatic nitrogens is 2. The van der Waals surface area contributed by atoms with E-state index in [9.17, 15) is 9.18 Å². The van der Waals surface area contributed by atoms with Crippen LogP contribution in [0.2, 0.25) is 0 Å². The summed E-state index contributed by atoms with van der Waals surface area (Å²) in [5.74, 6) is -0.346. The molecule has 5 heteroatoms. The lowest BCUT2D eigenvalue weighted by Gasteiger charge is -2.09. The Morgan fingerprint density at radius 3 is 2.90 bits per heavy atom. The fourth-order valence-electron chi connectivity index (χ4n) is 2.48. The number of thiazole rings is 1. The summed E-state index contributed by atoms with van der Waals surface area (Å²) in [5.41, 5.74) is 2.59. The van der Waals surface area contributed by atoms with Crippen LogP contribution in [0.3, 0.4) is 0 Å². The molecular weight excluding hydrogens is 287 g/mol. The average molecular weight is 302 g/mol. The van der Waals surface area contributed by atoms with Gasteiger partial charge >= 0.3 is 0 Å². The second kappa shape index (κ2) is 5.41. The molecule has 0 N–H and O–H groups in total. The van der Waals surface area contributed by atoms with Crippen molar-refractivity contribution in [2.75, 3.05) is 0 Å². The van der Waals surface area contributed by atoms with E-state index in [1.54, 1.807) is 16.5 Å². The average Bonchev–Trinajstić information content (AvgIpc) is 2.81. The highest BCUT2D eigenvalue weighted by Crippen LogP contribution is 2.23. The number of hydrogen-bond donors (Lipinski definition) is 0. The molecular formula is C16H15FN2OS. The number of nitrogens with zero attached hydrogens (tertiary/aromatic N) is 2. The lowest BCUT2D eigenvalue weighted by molar-refractivity contribution is 0.628. The van der Waals surface area contributed by atoms with E-state index in [4.69, 9.17) is 0 Å². The van der Waals surface area contributed by atoms with Crippen LogP contribution in [-0.2, 0) is 6.42 Å². The van der Waals surface area contributed by atoms with Crippen molar-refractivity contribution in [1.29, 1.82) is 0 Å². The Morgan fingerprint density at radius 2 is 2.19 bits per heavy atom. The number of aryl methyl sites for hydroxylation is 2. The van der Waals surface area contributed by atoms with E-state index in [-0.39, 0.29) is 11.4 Å². The minimum atomic E-state index is -0.346. The molecule has 2 heterocycles. The SMILES string of the molecule is CCCc1nc2scc(C)n2c(=O)c1-c1cccc(F)c1. The molecule has 0 unspecified atom stereocenters. The molecule has 0 saturated carbocycles. The first-order chi connectivity index (χ1) is 10.1. The van der Waals surface area contributed by atoms with Crippen molar-refractivity contribution in [2.24, 2.45) is 0 Å². The standard InChI is InChI=1S/C16H15FN2OS/c1-3-5-13-14(11-6-4-7-12(17)8-11)15(20)19-10(2)9-21-16(19)18-13/h4,6-9H,3,5H2,1-2H3. The first-order valence-corrected chi connectivity index (χ1v) is 7.75. The van der Waals surface area contributed by atoms with Crippen LogP contribution in [-0.4, -0.2) is 9.38 Å². The number of rotatable bonds is 3. The molecule has 0 aliphatic carbocycles. The van der Waals surface area contributed by atoms with Gasteiger partial charge in [-0.15, -0.1) is 11.3 Å². The van der Waals surface area contributed by atoms with E-state index in [1.807, 2.05) is 19.2 Å². The van der Waals surface area contributed by atoms with Gasteiger partial charge in [-0.25, -0.2) is 9.37 Å². The zero-order valence-electron chi connectivity index (χ0n) is 11.9. The van der Waals surface area contributed by atoms with Crippen molar-refractivity contribution in [2.45, 2.75) is 26.7 Å². The topological polar surface area (TPSA) is 34.4 Å². The molecule has 21 heavy (non-hydrogen) atoms. The number of benzene rings is 1. The molecule has 0 bridgehead atoms. The first-order valence-electron chi connectivity index (χ1n) is 6.87. The quantitative estimate of drug-likeness (QED) is 0.737. The van der Waals surface area contributed by atoms with Gasteiger partial charge in [0.2, 0.25) is 0 Å². The van der Waals surface area contributed by atoms with Crippen LogP contribution in [0.15, 0.2) is 34.4 Å². The van der Waals surface area contributed by atoms with Crippen LogP contribution in [0.4, 0.5) is 4.39 Å². The molecule has 0 fully saturated rings. The zero-order chi connectivity index (χ0) is 15.0. The lowest BCUT2D eigenvalue weighted by Crippen LogP contribution is -2.19. The molecule has 3 rings (SSSR count). The Kier molecular flexibility index (Phi) is 3.59. The summed E-state index contributed by atoms with van der Waals surface area (Å²) >= 11 is 1.45. The van der Waals surface area contributed by atoms with Gasteiger partial charge in [-0.05, 0) is 31.0 Å². The molecule has 108 valence electrons. The van der Waals surface area contributed by atoms with E-state index in [1.165, 1.54) is 23.5 Å². The highest BCUT2D eigenvalue weighted by molar-refractivity contribution is 7.15. The van der Waals surface area contributed by atoms with E-state index in [0.717, 1.165) is 17.8 Å². The molecule has 3 nitrogen and oxygen atoms in total. The molecule has 0 aliphatic heterocycles. The predicted molar refractivity (Wildman–Crippen MR) is 83.5 cm³/mol. The molecule has 2 aromatic heterocycles. The van der Waals surface area contributed by atoms with Gasteiger partial charge in [0.05, 0.1) is 11.3 Å². The number of halogens is 1. The van der Waals surface area contributed by atoms with Crippen LogP contribution >= 0.6 is 11.3 Å². The Balaban J connectivity index is 2.38. The highest BCUT2D eigenvalue weighted by Gasteiger charge is 2.16. The summed E-state index contributed by atoms with van der Waals surface area (Å²) in [6.07, 6.45) is 1.59. The van der Waals surface area contributed by atoms with E-state index in [2.05, 4.69) is 4.98 Å². The molecule has 0 amide bonds. The predicted octanol–water partition coefficient (Wildman–Crippen LogP) is 3.82. The van der Waals surface area contributed by atoms with Gasteiger partial charge in [0.1, 0.15) is 5.82 Å². The van der Waals surface area contributed by atoms with Crippen LogP contribution in [0.1, 0.15) is 24.7 Å². The monoisotopic (exact) mass is 302 g/mol. The highest BCUT2D eigenvalue weighted by atomic mass is 32.1.